The fourth-order valence-electron chi connectivity index (χ4n) is 3.38. The van der Waals surface area contributed by atoms with Crippen LogP contribution in [0.2, 0.25) is 0 Å². The molecule has 0 aromatic heterocycles. The van der Waals surface area contributed by atoms with Gasteiger partial charge in [0, 0.05) is 0 Å². The molecule has 0 aromatic carbocycles. The van der Waals surface area contributed by atoms with Crippen molar-refractivity contribution in [2.24, 2.45) is 17.3 Å². The van der Waals surface area contributed by atoms with E-state index in [2.05, 4.69) is 13.8 Å². The first kappa shape index (κ1) is 7.64. The van der Waals surface area contributed by atoms with E-state index in [1.54, 1.807) is 12.8 Å². The van der Waals surface area contributed by atoms with Crippen LogP contribution in [0.3, 0.4) is 0 Å². The number of hydrogen-bond acceptors (Lipinski definition) is 0. The van der Waals surface area contributed by atoms with Crippen LogP contribution in [-0.4, -0.2) is 0 Å². The minimum absolute atomic E-state index is 0.832. The molecule has 0 bridgehead atoms. The molecule has 0 aliphatic heterocycles. The van der Waals surface area contributed by atoms with Gasteiger partial charge in [0.25, 0.3) is 0 Å². The predicted molar refractivity (Wildman–Crippen MR) is 48.5 cm³/mol. The van der Waals surface area contributed by atoms with E-state index in [4.69, 9.17) is 0 Å². The smallest absolute Gasteiger partial charge is 0.0292 e. The molecule has 2 rings (SSSR count). The van der Waals surface area contributed by atoms with E-state index in [1.165, 1.54) is 25.7 Å². The molecule has 0 nitrogen and oxygen atoms in total. The van der Waals surface area contributed by atoms with Gasteiger partial charge >= 0.3 is 0 Å². The quantitative estimate of drug-likeness (QED) is 0.497. The Morgan fingerprint density at radius 1 is 0.909 bits per heavy atom. The Hall–Kier alpha value is 0. The van der Waals surface area contributed by atoms with E-state index >= 15 is 0 Å². The Morgan fingerprint density at radius 3 is 1.82 bits per heavy atom. The standard InChI is InChI=1S/C11H20/c1-9-7-11(8-10(9)2)5-3-4-6-11/h9-10H,3-8H2,1-2H3/t9-,10+. The molecule has 64 valence electrons. The van der Waals surface area contributed by atoms with E-state index < -0.39 is 0 Å². The second-order valence-corrected chi connectivity index (χ2v) is 5.07. The van der Waals surface area contributed by atoms with Crippen LogP contribution in [0.4, 0.5) is 0 Å². The van der Waals surface area contributed by atoms with Crippen LogP contribution in [0, 0.1) is 17.3 Å². The minimum Gasteiger partial charge on any atom is -0.0622 e. The van der Waals surface area contributed by atoms with Gasteiger partial charge in [0.2, 0.25) is 0 Å². The van der Waals surface area contributed by atoms with Crippen LogP contribution in [0.5, 0.6) is 0 Å². The van der Waals surface area contributed by atoms with Crippen molar-refractivity contribution in [3.8, 4) is 0 Å². The lowest BCUT2D eigenvalue weighted by atomic mass is 9.83. The summed E-state index contributed by atoms with van der Waals surface area (Å²) in [4.78, 5) is 0. The Bertz CT molecular complexity index is 130. The number of rotatable bonds is 0. The molecule has 2 fully saturated rings. The van der Waals surface area contributed by atoms with Crippen molar-refractivity contribution in [3.05, 3.63) is 0 Å². The third-order valence-electron chi connectivity index (χ3n) is 4.15. The van der Waals surface area contributed by atoms with Crippen molar-refractivity contribution in [1.29, 1.82) is 0 Å². The van der Waals surface area contributed by atoms with Gasteiger partial charge in [0.1, 0.15) is 0 Å². The van der Waals surface area contributed by atoms with Crippen LogP contribution in [0.15, 0.2) is 0 Å². The Kier molecular flexibility index (Phi) is 1.74. The van der Waals surface area contributed by atoms with Gasteiger partial charge in [-0.15, -0.1) is 0 Å². The zero-order chi connectivity index (χ0) is 7.90. The zero-order valence-corrected chi connectivity index (χ0v) is 7.90. The molecule has 11 heavy (non-hydrogen) atoms. The minimum atomic E-state index is 0.832. The van der Waals surface area contributed by atoms with E-state index in [1.807, 2.05) is 0 Å². The van der Waals surface area contributed by atoms with Gasteiger partial charge in [0.05, 0.1) is 0 Å². The average Bonchev–Trinajstić information content (AvgIpc) is 2.46. The second kappa shape index (κ2) is 2.50. The van der Waals surface area contributed by atoms with Crippen LogP contribution < -0.4 is 0 Å². The number of hydrogen-bond donors (Lipinski definition) is 0. The fraction of sp³-hybridized carbons (Fsp3) is 1.00. The second-order valence-electron chi connectivity index (χ2n) is 5.07. The van der Waals surface area contributed by atoms with Crippen molar-refractivity contribution in [3.63, 3.8) is 0 Å². The predicted octanol–water partition coefficient (Wildman–Crippen LogP) is 3.61. The summed E-state index contributed by atoms with van der Waals surface area (Å²) in [5.41, 5.74) is 0.832. The van der Waals surface area contributed by atoms with Crippen molar-refractivity contribution in [2.45, 2.75) is 52.4 Å². The summed E-state index contributed by atoms with van der Waals surface area (Å²) >= 11 is 0. The van der Waals surface area contributed by atoms with Crippen LogP contribution in [-0.2, 0) is 0 Å². The van der Waals surface area contributed by atoms with Crippen molar-refractivity contribution in [2.75, 3.05) is 0 Å². The maximum absolute atomic E-state index is 2.44. The molecule has 0 heteroatoms. The van der Waals surface area contributed by atoms with E-state index in [-0.39, 0.29) is 0 Å². The Balaban J connectivity index is 2.06. The van der Waals surface area contributed by atoms with Crippen molar-refractivity contribution < 1.29 is 0 Å². The highest BCUT2D eigenvalue weighted by Crippen LogP contribution is 2.54. The maximum atomic E-state index is 2.44. The Morgan fingerprint density at radius 2 is 1.36 bits per heavy atom. The van der Waals surface area contributed by atoms with Gasteiger partial charge < -0.3 is 0 Å². The largest absolute Gasteiger partial charge is 0.0622 e. The lowest BCUT2D eigenvalue weighted by Gasteiger charge is -2.22. The summed E-state index contributed by atoms with van der Waals surface area (Å²) in [5, 5.41) is 0. The van der Waals surface area contributed by atoms with Gasteiger partial charge in [-0.3, -0.25) is 0 Å². The fourth-order valence-corrected chi connectivity index (χ4v) is 3.38. The molecule has 0 radical (unpaired) electrons. The molecule has 0 amide bonds. The van der Waals surface area contributed by atoms with Crippen LogP contribution >= 0.6 is 0 Å². The van der Waals surface area contributed by atoms with Gasteiger partial charge in [0.15, 0.2) is 0 Å². The maximum Gasteiger partial charge on any atom is -0.0292 e. The van der Waals surface area contributed by atoms with Crippen LogP contribution in [0.25, 0.3) is 0 Å². The molecule has 2 atom stereocenters. The monoisotopic (exact) mass is 152 g/mol. The van der Waals surface area contributed by atoms with E-state index in [0.717, 1.165) is 17.3 Å². The summed E-state index contributed by atoms with van der Waals surface area (Å²) < 4.78 is 0. The third-order valence-corrected chi connectivity index (χ3v) is 4.15. The highest BCUT2D eigenvalue weighted by Gasteiger charge is 2.42. The molecule has 0 unspecified atom stereocenters. The van der Waals surface area contributed by atoms with Crippen molar-refractivity contribution >= 4 is 0 Å². The molecular weight excluding hydrogens is 132 g/mol. The molecule has 0 aromatic rings. The highest BCUT2D eigenvalue weighted by atomic mass is 14.5. The SMILES string of the molecule is C[C@@H]1CC2(CCCC2)C[C@@H]1C. The summed E-state index contributed by atoms with van der Waals surface area (Å²) in [6.45, 7) is 4.88. The highest BCUT2D eigenvalue weighted by molar-refractivity contribution is 4.93. The van der Waals surface area contributed by atoms with Gasteiger partial charge in [-0.2, -0.15) is 0 Å². The molecule has 2 aliphatic rings. The van der Waals surface area contributed by atoms with Crippen molar-refractivity contribution in [1.82, 2.24) is 0 Å². The summed E-state index contributed by atoms with van der Waals surface area (Å²) in [6, 6.07) is 0. The molecular formula is C11H20. The summed E-state index contributed by atoms with van der Waals surface area (Å²) in [7, 11) is 0. The first-order chi connectivity index (χ1) is 5.22. The molecule has 0 saturated heterocycles. The first-order valence-electron chi connectivity index (χ1n) is 5.22. The summed E-state index contributed by atoms with van der Waals surface area (Å²) in [5.74, 6) is 2.01. The normalized spacial score (nSPS) is 42.0. The Labute approximate surface area is 70.4 Å². The van der Waals surface area contributed by atoms with E-state index in [9.17, 15) is 0 Å². The van der Waals surface area contributed by atoms with Crippen LogP contribution in [0.1, 0.15) is 52.4 Å². The van der Waals surface area contributed by atoms with Gasteiger partial charge in [-0.1, -0.05) is 26.7 Å². The molecule has 2 saturated carbocycles. The molecule has 2 aliphatic carbocycles. The molecule has 1 spiro atoms. The third kappa shape index (κ3) is 1.21. The lowest BCUT2D eigenvalue weighted by Crippen LogP contribution is -2.10. The van der Waals surface area contributed by atoms with Gasteiger partial charge in [-0.25, -0.2) is 0 Å². The molecule has 0 heterocycles. The summed E-state index contributed by atoms with van der Waals surface area (Å²) in [6.07, 6.45) is 9.19. The zero-order valence-electron chi connectivity index (χ0n) is 7.90. The lowest BCUT2D eigenvalue weighted by molar-refractivity contribution is 0.294. The van der Waals surface area contributed by atoms with E-state index in [0.29, 0.717) is 0 Å². The first-order valence-corrected chi connectivity index (χ1v) is 5.22. The average molecular weight is 152 g/mol. The van der Waals surface area contributed by atoms with Gasteiger partial charge in [-0.05, 0) is 42.9 Å². The topological polar surface area (TPSA) is 0 Å². The molecule has 0 N–H and O–H groups in total.